The number of rotatable bonds is 6. The van der Waals surface area contributed by atoms with Crippen molar-refractivity contribution in [1.82, 2.24) is 15.5 Å². The molecular weight excluding hydrogens is 290 g/mol. The van der Waals surface area contributed by atoms with Crippen molar-refractivity contribution in [2.24, 2.45) is 5.92 Å². The third-order valence-electron chi connectivity index (χ3n) is 2.68. The second-order valence-electron chi connectivity index (χ2n) is 5.45. The van der Waals surface area contributed by atoms with Crippen molar-refractivity contribution >= 4 is 23.5 Å². The fraction of sp³-hybridized carbons (Fsp3) is 0.467. The monoisotopic (exact) mass is 311 g/mol. The predicted molar refractivity (Wildman–Crippen MR) is 84.2 cm³/mol. The molecule has 0 aliphatic heterocycles. The van der Waals surface area contributed by atoms with Crippen molar-refractivity contribution in [2.75, 3.05) is 20.1 Å². The maximum absolute atomic E-state index is 11.7. The van der Waals surface area contributed by atoms with Crippen molar-refractivity contribution in [3.8, 4) is 0 Å². The Morgan fingerprint density at radius 1 is 1.33 bits per heavy atom. The first kappa shape index (κ1) is 17.5. The van der Waals surface area contributed by atoms with Crippen LogP contribution in [-0.2, 0) is 11.3 Å². The number of nitrogens with one attached hydrogen (secondary N) is 2. The summed E-state index contributed by atoms with van der Waals surface area (Å²) in [5, 5.41) is 5.61. The van der Waals surface area contributed by atoms with E-state index in [1.54, 1.807) is 6.07 Å². The number of halogens is 1. The van der Waals surface area contributed by atoms with Gasteiger partial charge in [0, 0.05) is 18.1 Å². The van der Waals surface area contributed by atoms with Gasteiger partial charge >= 0.3 is 6.03 Å². The van der Waals surface area contributed by atoms with E-state index in [4.69, 9.17) is 11.6 Å². The van der Waals surface area contributed by atoms with Gasteiger partial charge in [0.25, 0.3) is 0 Å². The van der Waals surface area contributed by atoms with E-state index < -0.39 is 6.03 Å². The van der Waals surface area contributed by atoms with Crippen molar-refractivity contribution in [3.63, 3.8) is 0 Å². The summed E-state index contributed by atoms with van der Waals surface area (Å²) in [4.78, 5) is 25.0. The van der Waals surface area contributed by atoms with Crippen LogP contribution in [0, 0.1) is 5.92 Å². The average molecular weight is 312 g/mol. The normalized spacial score (nSPS) is 10.8. The number of carbonyl (C=O) groups is 2. The number of nitrogens with zero attached hydrogens (tertiary/aromatic N) is 1. The number of benzene rings is 1. The molecule has 1 aromatic carbocycles. The van der Waals surface area contributed by atoms with E-state index in [-0.39, 0.29) is 12.5 Å². The zero-order chi connectivity index (χ0) is 15.8. The molecule has 21 heavy (non-hydrogen) atoms. The molecule has 0 fully saturated rings. The molecule has 2 N–H and O–H groups in total. The fourth-order valence-corrected chi connectivity index (χ4v) is 1.97. The van der Waals surface area contributed by atoms with Gasteiger partial charge in [-0.15, -0.1) is 0 Å². The topological polar surface area (TPSA) is 61.4 Å². The molecule has 0 unspecified atom stereocenters. The summed E-state index contributed by atoms with van der Waals surface area (Å²) in [6.07, 6.45) is 0. The minimum absolute atomic E-state index is 0.140. The lowest BCUT2D eigenvalue weighted by molar-refractivity contribution is -0.120. The first-order valence-corrected chi connectivity index (χ1v) is 7.25. The van der Waals surface area contributed by atoms with Crippen molar-refractivity contribution in [1.29, 1.82) is 0 Å². The standard InChI is InChI=1S/C15H22ClN3O2/c1-11(2)8-17-15(21)18-14(20)10-19(3)9-12-5-4-6-13(16)7-12/h4-7,11H,8-10H2,1-3H3,(H2,17,18,20,21). The van der Waals surface area contributed by atoms with E-state index in [0.29, 0.717) is 24.0 Å². The Balaban J connectivity index is 2.35. The lowest BCUT2D eigenvalue weighted by Gasteiger charge is -2.16. The Bertz CT molecular complexity index is 492. The van der Waals surface area contributed by atoms with Crippen LogP contribution >= 0.6 is 11.6 Å². The highest BCUT2D eigenvalue weighted by atomic mass is 35.5. The van der Waals surface area contributed by atoms with E-state index >= 15 is 0 Å². The van der Waals surface area contributed by atoms with E-state index in [9.17, 15) is 9.59 Å². The maximum atomic E-state index is 11.7. The average Bonchev–Trinajstić information content (AvgIpc) is 2.35. The highest BCUT2D eigenvalue weighted by molar-refractivity contribution is 6.30. The highest BCUT2D eigenvalue weighted by Gasteiger charge is 2.11. The summed E-state index contributed by atoms with van der Waals surface area (Å²) >= 11 is 5.91. The van der Waals surface area contributed by atoms with Crippen LogP contribution in [-0.4, -0.2) is 37.0 Å². The van der Waals surface area contributed by atoms with E-state index in [2.05, 4.69) is 10.6 Å². The van der Waals surface area contributed by atoms with Crippen LogP contribution in [0.1, 0.15) is 19.4 Å². The molecule has 0 atom stereocenters. The quantitative estimate of drug-likeness (QED) is 0.847. The van der Waals surface area contributed by atoms with Gasteiger partial charge < -0.3 is 5.32 Å². The second-order valence-corrected chi connectivity index (χ2v) is 5.89. The molecule has 0 radical (unpaired) electrons. The molecule has 1 aromatic rings. The molecule has 0 aliphatic carbocycles. The van der Waals surface area contributed by atoms with Gasteiger partial charge in [-0.2, -0.15) is 0 Å². The van der Waals surface area contributed by atoms with Crippen LogP contribution in [0.2, 0.25) is 5.02 Å². The van der Waals surface area contributed by atoms with E-state index in [1.807, 2.05) is 44.0 Å². The maximum Gasteiger partial charge on any atom is 0.321 e. The Morgan fingerprint density at radius 3 is 2.67 bits per heavy atom. The van der Waals surface area contributed by atoms with Crippen LogP contribution in [0.3, 0.4) is 0 Å². The lowest BCUT2D eigenvalue weighted by atomic mass is 10.2. The molecule has 0 saturated carbocycles. The number of urea groups is 1. The third kappa shape index (κ3) is 7.68. The smallest absolute Gasteiger partial charge is 0.321 e. The molecular formula is C15H22ClN3O2. The molecule has 5 nitrogen and oxygen atoms in total. The number of hydrogen-bond acceptors (Lipinski definition) is 3. The Morgan fingerprint density at radius 2 is 2.05 bits per heavy atom. The highest BCUT2D eigenvalue weighted by Crippen LogP contribution is 2.11. The van der Waals surface area contributed by atoms with E-state index in [0.717, 1.165) is 5.56 Å². The van der Waals surface area contributed by atoms with Gasteiger partial charge in [-0.25, -0.2) is 4.79 Å². The van der Waals surface area contributed by atoms with Crippen LogP contribution in [0.4, 0.5) is 4.79 Å². The molecule has 0 aromatic heterocycles. The predicted octanol–water partition coefficient (Wildman–Crippen LogP) is 2.25. The summed E-state index contributed by atoms with van der Waals surface area (Å²) in [6, 6.07) is 7.01. The van der Waals surface area contributed by atoms with E-state index in [1.165, 1.54) is 0 Å². The summed E-state index contributed by atoms with van der Waals surface area (Å²) in [5.74, 6) is 0.0112. The number of imide groups is 1. The molecule has 116 valence electrons. The fourth-order valence-electron chi connectivity index (χ4n) is 1.76. The van der Waals surface area contributed by atoms with Crippen LogP contribution in [0.15, 0.2) is 24.3 Å². The van der Waals surface area contributed by atoms with Crippen molar-refractivity contribution in [3.05, 3.63) is 34.9 Å². The summed E-state index contributed by atoms with van der Waals surface area (Å²) in [6.45, 7) is 5.24. The third-order valence-corrected chi connectivity index (χ3v) is 2.91. The molecule has 0 bridgehead atoms. The van der Waals surface area contributed by atoms with Crippen LogP contribution in [0.25, 0.3) is 0 Å². The molecule has 3 amide bonds. The van der Waals surface area contributed by atoms with Gasteiger partial charge in [0.15, 0.2) is 0 Å². The van der Waals surface area contributed by atoms with Gasteiger partial charge in [0.05, 0.1) is 6.54 Å². The van der Waals surface area contributed by atoms with Crippen molar-refractivity contribution in [2.45, 2.75) is 20.4 Å². The second kappa shape index (κ2) is 8.64. The Labute approximate surface area is 130 Å². The first-order valence-electron chi connectivity index (χ1n) is 6.87. The SMILES string of the molecule is CC(C)CNC(=O)NC(=O)CN(C)Cc1cccc(Cl)c1. The number of hydrogen-bond donors (Lipinski definition) is 2. The molecule has 0 saturated heterocycles. The number of likely N-dealkylation sites (N-methyl/N-ethyl adjacent to an activating group) is 1. The summed E-state index contributed by atoms with van der Waals surface area (Å²) in [5.41, 5.74) is 1.02. The van der Waals surface area contributed by atoms with Gasteiger partial charge in [0.1, 0.15) is 0 Å². The van der Waals surface area contributed by atoms with Crippen LogP contribution in [0.5, 0.6) is 0 Å². The van der Waals surface area contributed by atoms with Gasteiger partial charge in [-0.05, 0) is 30.7 Å². The lowest BCUT2D eigenvalue weighted by Crippen LogP contribution is -2.44. The largest absolute Gasteiger partial charge is 0.338 e. The number of amides is 3. The molecule has 6 heteroatoms. The van der Waals surface area contributed by atoms with Gasteiger partial charge in [-0.1, -0.05) is 37.6 Å². The van der Waals surface area contributed by atoms with Crippen LogP contribution < -0.4 is 10.6 Å². The molecule has 0 aliphatic rings. The molecule has 1 rings (SSSR count). The minimum Gasteiger partial charge on any atom is -0.338 e. The Hall–Kier alpha value is -1.59. The van der Waals surface area contributed by atoms with Gasteiger partial charge in [-0.3, -0.25) is 15.0 Å². The zero-order valence-corrected chi connectivity index (χ0v) is 13.4. The van der Waals surface area contributed by atoms with Gasteiger partial charge in [0.2, 0.25) is 5.91 Å². The summed E-state index contributed by atoms with van der Waals surface area (Å²) in [7, 11) is 1.81. The minimum atomic E-state index is -0.454. The summed E-state index contributed by atoms with van der Waals surface area (Å²) < 4.78 is 0. The molecule has 0 spiro atoms. The molecule has 0 heterocycles. The zero-order valence-electron chi connectivity index (χ0n) is 12.6. The Kier molecular flexibility index (Phi) is 7.19. The first-order chi connectivity index (χ1) is 9.86. The number of carbonyl (C=O) groups excluding carboxylic acids is 2. The van der Waals surface area contributed by atoms with Crippen molar-refractivity contribution < 1.29 is 9.59 Å².